The van der Waals surface area contributed by atoms with E-state index in [-0.39, 0.29) is 36.2 Å². The van der Waals surface area contributed by atoms with Crippen LogP contribution in [0, 0.1) is 10.1 Å². The average molecular weight is 407 g/mol. The SMILES string of the molecule is O=C(NCCC(=O)N1CCN(c2ccc(Cl)cc2[N+](=O)[O-])CC1)c1ccco1. The maximum absolute atomic E-state index is 12.3. The lowest BCUT2D eigenvalue weighted by atomic mass is 10.2. The van der Waals surface area contributed by atoms with Gasteiger partial charge in [0.25, 0.3) is 11.6 Å². The maximum atomic E-state index is 12.3. The summed E-state index contributed by atoms with van der Waals surface area (Å²) < 4.78 is 4.99. The highest BCUT2D eigenvalue weighted by atomic mass is 35.5. The first-order chi connectivity index (χ1) is 13.5. The zero-order valence-corrected chi connectivity index (χ0v) is 15.7. The molecule has 2 amide bonds. The Kier molecular flexibility index (Phi) is 6.15. The number of hydrogen-bond donors (Lipinski definition) is 1. The summed E-state index contributed by atoms with van der Waals surface area (Å²) in [5, 5.41) is 14.2. The number of amides is 2. The molecular weight excluding hydrogens is 388 g/mol. The van der Waals surface area contributed by atoms with E-state index >= 15 is 0 Å². The third-order valence-corrected chi connectivity index (χ3v) is 4.71. The molecular formula is C18H19ClN4O5. The van der Waals surface area contributed by atoms with Crippen molar-refractivity contribution in [2.45, 2.75) is 6.42 Å². The van der Waals surface area contributed by atoms with Crippen LogP contribution in [0.15, 0.2) is 41.0 Å². The molecule has 148 valence electrons. The van der Waals surface area contributed by atoms with Crippen LogP contribution >= 0.6 is 11.6 Å². The molecule has 1 fully saturated rings. The van der Waals surface area contributed by atoms with Crippen molar-refractivity contribution in [3.63, 3.8) is 0 Å². The van der Waals surface area contributed by atoms with E-state index in [1.807, 2.05) is 4.90 Å². The van der Waals surface area contributed by atoms with Crippen molar-refractivity contribution in [1.82, 2.24) is 10.2 Å². The summed E-state index contributed by atoms with van der Waals surface area (Å²) >= 11 is 5.86. The second-order valence-corrected chi connectivity index (χ2v) is 6.68. The van der Waals surface area contributed by atoms with E-state index in [4.69, 9.17) is 16.0 Å². The van der Waals surface area contributed by atoms with Gasteiger partial charge in [0.05, 0.1) is 11.2 Å². The third kappa shape index (κ3) is 4.61. The van der Waals surface area contributed by atoms with Crippen molar-refractivity contribution >= 4 is 34.8 Å². The number of rotatable bonds is 6. The van der Waals surface area contributed by atoms with Gasteiger partial charge in [-0.2, -0.15) is 0 Å². The highest BCUT2D eigenvalue weighted by Gasteiger charge is 2.26. The molecule has 28 heavy (non-hydrogen) atoms. The zero-order valence-electron chi connectivity index (χ0n) is 15.0. The van der Waals surface area contributed by atoms with Gasteiger partial charge in [0.15, 0.2) is 5.76 Å². The summed E-state index contributed by atoms with van der Waals surface area (Å²) in [5.74, 6) is -0.242. The fraction of sp³-hybridized carbons (Fsp3) is 0.333. The van der Waals surface area contributed by atoms with Gasteiger partial charge in [-0.3, -0.25) is 19.7 Å². The summed E-state index contributed by atoms with van der Waals surface area (Å²) in [6, 6.07) is 7.73. The molecule has 0 aliphatic carbocycles. The Morgan fingerprint density at radius 2 is 1.96 bits per heavy atom. The molecule has 1 aromatic heterocycles. The molecule has 10 heteroatoms. The van der Waals surface area contributed by atoms with Crippen LogP contribution in [0.1, 0.15) is 17.0 Å². The topological polar surface area (TPSA) is 109 Å². The van der Waals surface area contributed by atoms with E-state index in [0.717, 1.165) is 0 Å². The molecule has 1 saturated heterocycles. The van der Waals surface area contributed by atoms with Gasteiger partial charge in [0.1, 0.15) is 5.69 Å². The van der Waals surface area contributed by atoms with Crippen LogP contribution in [-0.2, 0) is 4.79 Å². The van der Waals surface area contributed by atoms with Gasteiger partial charge in [-0.15, -0.1) is 0 Å². The Morgan fingerprint density at radius 3 is 2.61 bits per heavy atom. The van der Waals surface area contributed by atoms with E-state index in [1.54, 1.807) is 29.2 Å². The molecule has 0 atom stereocenters. The van der Waals surface area contributed by atoms with E-state index in [9.17, 15) is 19.7 Å². The molecule has 1 aliphatic heterocycles. The van der Waals surface area contributed by atoms with Crippen molar-refractivity contribution < 1.29 is 18.9 Å². The van der Waals surface area contributed by atoms with E-state index in [1.165, 1.54) is 12.3 Å². The molecule has 9 nitrogen and oxygen atoms in total. The van der Waals surface area contributed by atoms with Crippen molar-refractivity contribution in [2.75, 3.05) is 37.6 Å². The molecule has 0 unspecified atom stereocenters. The van der Waals surface area contributed by atoms with Gasteiger partial charge in [-0.25, -0.2) is 0 Å². The number of furan rings is 1. The molecule has 0 saturated carbocycles. The number of halogens is 1. The highest BCUT2D eigenvalue weighted by Crippen LogP contribution is 2.31. The summed E-state index contributed by atoms with van der Waals surface area (Å²) in [6.45, 7) is 2.07. The number of carbonyl (C=O) groups is 2. The van der Waals surface area contributed by atoms with Crippen molar-refractivity contribution in [3.05, 3.63) is 57.5 Å². The lowest BCUT2D eigenvalue weighted by molar-refractivity contribution is -0.384. The normalized spacial score (nSPS) is 14.0. The van der Waals surface area contributed by atoms with Gasteiger partial charge in [-0.1, -0.05) is 11.6 Å². The van der Waals surface area contributed by atoms with Gasteiger partial charge in [-0.05, 0) is 24.3 Å². The molecule has 2 aromatic rings. The van der Waals surface area contributed by atoms with Crippen LogP contribution in [0.2, 0.25) is 5.02 Å². The van der Waals surface area contributed by atoms with E-state index in [0.29, 0.717) is 36.9 Å². The quantitative estimate of drug-likeness (QED) is 0.582. The molecule has 3 rings (SSSR count). The number of hydrogen-bond acceptors (Lipinski definition) is 6. The van der Waals surface area contributed by atoms with Crippen LogP contribution in [0.3, 0.4) is 0 Å². The minimum atomic E-state index is -0.458. The Bertz CT molecular complexity index is 863. The van der Waals surface area contributed by atoms with Crippen LogP contribution in [0.4, 0.5) is 11.4 Å². The molecule has 0 bridgehead atoms. The fourth-order valence-electron chi connectivity index (χ4n) is 3.04. The van der Waals surface area contributed by atoms with Gasteiger partial charge in [0.2, 0.25) is 5.91 Å². The van der Waals surface area contributed by atoms with Crippen LogP contribution in [0.5, 0.6) is 0 Å². The lowest BCUT2D eigenvalue weighted by Gasteiger charge is -2.35. The largest absolute Gasteiger partial charge is 0.459 e. The predicted octanol–water partition coefficient (Wildman–Crippen LogP) is 2.31. The maximum Gasteiger partial charge on any atom is 0.294 e. The number of benzene rings is 1. The van der Waals surface area contributed by atoms with Crippen LogP contribution < -0.4 is 10.2 Å². The van der Waals surface area contributed by atoms with Gasteiger partial charge >= 0.3 is 0 Å². The lowest BCUT2D eigenvalue weighted by Crippen LogP contribution is -2.49. The smallest absolute Gasteiger partial charge is 0.294 e. The number of anilines is 1. The first kappa shape index (κ1) is 19.7. The minimum Gasteiger partial charge on any atom is -0.459 e. The standard InChI is InChI=1S/C18H19ClN4O5/c19-13-3-4-14(15(12-13)23(26)27)21-7-9-22(10-8-21)17(24)5-6-20-18(25)16-2-1-11-28-16/h1-4,11-12H,5-10H2,(H,20,25). The number of piperazine rings is 1. The summed E-state index contributed by atoms with van der Waals surface area (Å²) in [6.07, 6.45) is 1.58. The fourth-order valence-corrected chi connectivity index (χ4v) is 3.21. The van der Waals surface area contributed by atoms with Gasteiger partial charge < -0.3 is 19.5 Å². The zero-order chi connectivity index (χ0) is 20.1. The van der Waals surface area contributed by atoms with Crippen LogP contribution in [0.25, 0.3) is 0 Å². The minimum absolute atomic E-state index is 0.0482. The van der Waals surface area contributed by atoms with Crippen molar-refractivity contribution in [2.24, 2.45) is 0 Å². The second kappa shape index (κ2) is 8.75. The monoisotopic (exact) mass is 406 g/mol. The van der Waals surface area contributed by atoms with Crippen LogP contribution in [-0.4, -0.2) is 54.4 Å². The Labute approximate surface area is 166 Å². The third-order valence-electron chi connectivity index (χ3n) is 4.48. The second-order valence-electron chi connectivity index (χ2n) is 6.24. The average Bonchev–Trinajstić information content (AvgIpc) is 3.23. The first-order valence-corrected chi connectivity index (χ1v) is 9.12. The van der Waals surface area contributed by atoms with Crippen molar-refractivity contribution in [3.8, 4) is 0 Å². The van der Waals surface area contributed by atoms with E-state index in [2.05, 4.69) is 5.32 Å². The molecule has 1 N–H and O–H groups in total. The number of carbonyl (C=O) groups excluding carboxylic acids is 2. The number of nitro groups is 1. The summed E-state index contributed by atoms with van der Waals surface area (Å²) in [7, 11) is 0. The number of nitrogens with one attached hydrogen (secondary N) is 1. The molecule has 1 aromatic carbocycles. The van der Waals surface area contributed by atoms with Crippen molar-refractivity contribution in [1.29, 1.82) is 0 Å². The Balaban J connectivity index is 1.49. The summed E-state index contributed by atoms with van der Waals surface area (Å²) in [4.78, 5) is 38.5. The molecule has 1 aliphatic rings. The predicted molar refractivity (Wildman–Crippen MR) is 103 cm³/mol. The Morgan fingerprint density at radius 1 is 1.21 bits per heavy atom. The van der Waals surface area contributed by atoms with Gasteiger partial charge in [0, 0.05) is 50.2 Å². The first-order valence-electron chi connectivity index (χ1n) is 8.74. The number of nitrogens with zero attached hydrogens (tertiary/aromatic N) is 3. The summed E-state index contributed by atoms with van der Waals surface area (Å²) in [5.41, 5.74) is 0.445. The highest BCUT2D eigenvalue weighted by molar-refractivity contribution is 6.30. The van der Waals surface area contributed by atoms with E-state index < -0.39 is 4.92 Å². The molecule has 0 radical (unpaired) electrons. The Hall–Kier alpha value is -3.07. The molecule has 2 heterocycles. The molecule has 0 spiro atoms. The number of nitro benzene ring substituents is 1.